The third kappa shape index (κ3) is 13.1. The molecular formula is C30H52N4O11Si. The lowest BCUT2D eigenvalue weighted by Gasteiger charge is -2.29. The maximum absolute atomic E-state index is 11.2. The molecule has 2 fully saturated rings. The highest BCUT2D eigenvalue weighted by Gasteiger charge is 2.54. The zero-order valence-corrected chi connectivity index (χ0v) is 28.4. The number of nitrogens with zero attached hydrogens (tertiary/aromatic N) is 4. The summed E-state index contributed by atoms with van der Waals surface area (Å²) >= 11 is 0. The van der Waals surface area contributed by atoms with Gasteiger partial charge in [-0.15, -0.1) is 0 Å². The van der Waals surface area contributed by atoms with E-state index < -0.39 is 38.2 Å². The van der Waals surface area contributed by atoms with E-state index in [9.17, 15) is 14.7 Å². The molecule has 2 bridgehead atoms. The molecule has 16 heteroatoms. The normalized spacial score (nSPS) is 19.8. The molecule has 0 radical (unpaired) electrons. The highest BCUT2D eigenvalue weighted by molar-refractivity contribution is 6.61. The fraction of sp³-hybridized carbons (Fsp3) is 0.767. The summed E-state index contributed by atoms with van der Waals surface area (Å²) in [5.74, 6) is -2.54. The van der Waals surface area contributed by atoms with E-state index in [2.05, 4.69) is 40.5 Å². The smallest absolute Gasteiger partial charge is 0.491 e. The number of fused-ring (bicyclic) bond motifs is 2. The molecule has 1 unspecified atom stereocenters. The Morgan fingerprint density at radius 3 is 2.00 bits per heavy atom. The summed E-state index contributed by atoms with van der Waals surface area (Å²) in [5, 5.41) is 28.8. The van der Waals surface area contributed by atoms with E-state index in [1.807, 2.05) is 0 Å². The van der Waals surface area contributed by atoms with Gasteiger partial charge in [-0.25, -0.2) is 14.6 Å². The van der Waals surface area contributed by atoms with Gasteiger partial charge in [0.1, 0.15) is 12.4 Å². The molecule has 0 aliphatic carbocycles. The van der Waals surface area contributed by atoms with E-state index in [-0.39, 0.29) is 25.1 Å². The molecule has 2 aliphatic rings. The zero-order chi connectivity index (χ0) is 33.4. The molecule has 3 N–H and O–H groups in total. The second kappa shape index (κ2) is 20.2. The molecule has 3 heterocycles. The Kier molecular flexibility index (Phi) is 16.8. The van der Waals surface area contributed by atoms with Gasteiger partial charge in [-0.2, -0.15) is 0 Å². The number of aromatic nitrogens is 1. The fourth-order valence-corrected chi connectivity index (χ4v) is 7.93. The van der Waals surface area contributed by atoms with Crippen LogP contribution in [-0.4, -0.2) is 173 Å². The van der Waals surface area contributed by atoms with Crippen LogP contribution in [0.15, 0.2) is 12.1 Å². The van der Waals surface area contributed by atoms with Crippen LogP contribution in [0.1, 0.15) is 48.2 Å². The summed E-state index contributed by atoms with van der Waals surface area (Å²) in [6.07, 6.45) is 0.357. The quantitative estimate of drug-likeness (QED) is 0.0939. The molecule has 0 spiro atoms. The first kappa shape index (κ1) is 38.2. The van der Waals surface area contributed by atoms with Gasteiger partial charge < -0.3 is 52.6 Å². The molecule has 0 aromatic carbocycles. The summed E-state index contributed by atoms with van der Waals surface area (Å²) in [4.78, 5) is 32.9. The topological polar surface area (TPSA) is 173 Å². The van der Waals surface area contributed by atoms with Crippen LogP contribution in [0.4, 0.5) is 0 Å². The lowest BCUT2D eigenvalue weighted by molar-refractivity contribution is 0.0154. The van der Waals surface area contributed by atoms with E-state index in [4.69, 9.17) is 37.7 Å². The molecule has 262 valence electrons. The van der Waals surface area contributed by atoms with Crippen LogP contribution in [0, 0.1) is 0 Å². The van der Waals surface area contributed by atoms with Crippen molar-refractivity contribution in [3.05, 3.63) is 23.5 Å². The number of carboxylic acids is 2. The number of carbonyl (C=O) groups is 2. The summed E-state index contributed by atoms with van der Waals surface area (Å²) in [7, 11) is -2.41. The molecular weight excluding hydrogens is 620 g/mol. The van der Waals surface area contributed by atoms with Crippen molar-refractivity contribution in [1.29, 1.82) is 0 Å². The molecule has 1 aromatic heterocycles. The fourth-order valence-electron chi connectivity index (χ4n) is 5.21. The predicted molar refractivity (Wildman–Crippen MR) is 170 cm³/mol. The van der Waals surface area contributed by atoms with Crippen molar-refractivity contribution in [2.45, 2.75) is 45.4 Å². The molecule has 0 amide bonds. The third-order valence-electron chi connectivity index (χ3n) is 7.97. The number of ether oxygens (including phenoxy) is 3. The first-order valence-electron chi connectivity index (χ1n) is 16.2. The van der Waals surface area contributed by atoms with Crippen LogP contribution in [0.25, 0.3) is 0 Å². The van der Waals surface area contributed by atoms with Crippen molar-refractivity contribution < 1.29 is 52.4 Å². The minimum absolute atomic E-state index is 0.111. The van der Waals surface area contributed by atoms with Crippen LogP contribution >= 0.6 is 0 Å². The third-order valence-corrected chi connectivity index (χ3v) is 10.8. The van der Waals surface area contributed by atoms with Crippen LogP contribution in [-0.2, 0) is 22.8 Å². The average molecular weight is 673 g/mol. The van der Waals surface area contributed by atoms with Crippen LogP contribution in [0.5, 0.6) is 5.75 Å². The molecule has 3 rings (SSSR count). The SMILES string of the molecule is CCN(CCOCCOc1cc(C(=O)O)nc(C(=O)O)c1)CCN(CC)CCN(CC)CC(O)COCCC[Si]12OCC(CO1)O2. The van der Waals surface area contributed by atoms with Gasteiger partial charge in [0.25, 0.3) is 0 Å². The van der Waals surface area contributed by atoms with Crippen molar-refractivity contribution in [2.24, 2.45) is 0 Å². The van der Waals surface area contributed by atoms with Crippen LogP contribution < -0.4 is 4.74 Å². The Morgan fingerprint density at radius 1 is 0.870 bits per heavy atom. The summed E-state index contributed by atoms with van der Waals surface area (Å²) in [6.45, 7) is 17.0. The molecule has 2 saturated heterocycles. The number of aliphatic hydroxyl groups excluding tert-OH is 1. The average Bonchev–Trinajstić information content (AvgIpc) is 3.65. The van der Waals surface area contributed by atoms with Gasteiger partial charge in [0.15, 0.2) is 11.4 Å². The first-order chi connectivity index (χ1) is 22.2. The van der Waals surface area contributed by atoms with E-state index >= 15 is 0 Å². The van der Waals surface area contributed by atoms with Crippen molar-refractivity contribution >= 4 is 20.7 Å². The number of aliphatic hydroxyl groups is 1. The van der Waals surface area contributed by atoms with E-state index in [0.717, 1.165) is 64.8 Å². The lowest BCUT2D eigenvalue weighted by atomic mass is 10.3. The van der Waals surface area contributed by atoms with E-state index in [1.54, 1.807) is 0 Å². The standard InChI is InChI=1S/C30H52N4O11Si/c1-4-32(10-11-34(6-3)20-24(35)21-41-13-7-17-46-43-22-26(45-46)23-44-46)8-9-33(5-2)12-14-40-15-16-42-25-18-27(29(36)37)31-28(19-25)30(38)39/h18-19,24,26,35H,4-17,20-23H2,1-3H3,(H,36,37)(H,38,39). The summed E-state index contributed by atoms with van der Waals surface area (Å²) in [5.41, 5.74) is -0.783. The largest absolute Gasteiger partial charge is 0.501 e. The Labute approximate surface area is 272 Å². The summed E-state index contributed by atoms with van der Waals surface area (Å²) in [6, 6.07) is 3.14. The van der Waals surface area contributed by atoms with Crippen LogP contribution in [0.3, 0.4) is 0 Å². The Hall–Kier alpha value is -2.25. The van der Waals surface area contributed by atoms with Crippen molar-refractivity contribution in [2.75, 3.05) is 105 Å². The number of rotatable bonds is 26. The molecule has 15 nitrogen and oxygen atoms in total. The highest BCUT2D eigenvalue weighted by Crippen LogP contribution is 2.32. The van der Waals surface area contributed by atoms with E-state index in [0.29, 0.717) is 39.6 Å². The van der Waals surface area contributed by atoms with Gasteiger partial charge in [0.2, 0.25) is 0 Å². The van der Waals surface area contributed by atoms with Gasteiger partial charge in [-0.05, 0) is 26.1 Å². The van der Waals surface area contributed by atoms with Gasteiger partial charge in [0.05, 0.1) is 45.2 Å². The van der Waals surface area contributed by atoms with Gasteiger partial charge in [-0.3, -0.25) is 4.90 Å². The Morgan fingerprint density at radius 2 is 1.46 bits per heavy atom. The Balaban J connectivity index is 1.24. The zero-order valence-electron chi connectivity index (χ0n) is 27.4. The lowest BCUT2D eigenvalue weighted by Crippen LogP contribution is -2.42. The predicted octanol–water partition coefficient (Wildman–Crippen LogP) is 0.991. The number of carboxylic acid groups (broad SMARTS) is 2. The molecule has 0 saturated carbocycles. The van der Waals surface area contributed by atoms with Crippen molar-refractivity contribution in [1.82, 2.24) is 19.7 Å². The second-order valence-corrected chi connectivity index (χ2v) is 14.0. The molecule has 46 heavy (non-hydrogen) atoms. The number of hydrogen-bond donors (Lipinski definition) is 3. The molecule has 1 aromatic rings. The monoisotopic (exact) mass is 672 g/mol. The van der Waals surface area contributed by atoms with Gasteiger partial charge >= 0.3 is 20.7 Å². The van der Waals surface area contributed by atoms with Gasteiger partial charge in [0, 0.05) is 64.1 Å². The first-order valence-corrected chi connectivity index (χ1v) is 18.2. The number of aromatic carboxylic acids is 2. The van der Waals surface area contributed by atoms with Crippen molar-refractivity contribution in [3.63, 3.8) is 0 Å². The number of likely N-dealkylation sites (N-methyl/N-ethyl adjacent to an activating group) is 3. The van der Waals surface area contributed by atoms with Gasteiger partial charge in [-0.1, -0.05) is 20.8 Å². The molecule has 1 atom stereocenters. The van der Waals surface area contributed by atoms with Crippen LogP contribution in [0.2, 0.25) is 6.04 Å². The minimum Gasteiger partial charge on any atom is -0.491 e. The Bertz CT molecular complexity index is 1030. The highest BCUT2D eigenvalue weighted by atomic mass is 28.4. The maximum Gasteiger partial charge on any atom is 0.501 e. The number of hydrogen-bond acceptors (Lipinski definition) is 13. The summed E-state index contributed by atoms with van der Waals surface area (Å²) < 4.78 is 34.2. The van der Waals surface area contributed by atoms with E-state index in [1.165, 1.54) is 12.1 Å². The maximum atomic E-state index is 11.2. The minimum atomic E-state index is -2.41. The second-order valence-electron chi connectivity index (χ2n) is 11.3. The molecule has 2 aliphatic heterocycles. The van der Waals surface area contributed by atoms with Crippen molar-refractivity contribution in [3.8, 4) is 5.75 Å². The number of pyridine rings is 1.